The Morgan fingerprint density at radius 3 is 2.37 bits per heavy atom. The zero-order valence-electron chi connectivity index (χ0n) is 14.3. The lowest BCUT2D eigenvalue weighted by atomic mass is 10.2. The molecule has 3 rings (SSSR count). The van der Waals surface area contributed by atoms with E-state index >= 15 is 0 Å². The zero-order chi connectivity index (χ0) is 19.2. The summed E-state index contributed by atoms with van der Waals surface area (Å²) in [4.78, 5) is 40.1. The van der Waals surface area contributed by atoms with E-state index in [9.17, 15) is 14.4 Å². The van der Waals surface area contributed by atoms with Gasteiger partial charge in [0, 0.05) is 5.56 Å². The molecule has 3 aromatic rings. The molecular weight excluding hydrogens is 350 g/mol. The number of anilines is 2. The van der Waals surface area contributed by atoms with Crippen LogP contribution in [0.3, 0.4) is 0 Å². The maximum atomic E-state index is 12.3. The third kappa shape index (κ3) is 4.18. The smallest absolute Gasteiger partial charge is 0.339 e. The number of methoxy groups -OCH3 is 1. The molecule has 0 unspecified atom stereocenters. The van der Waals surface area contributed by atoms with Crippen LogP contribution in [0, 0.1) is 0 Å². The minimum absolute atomic E-state index is 0.0574. The van der Waals surface area contributed by atoms with Crippen molar-refractivity contribution in [1.82, 2.24) is 4.98 Å². The zero-order valence-corrected chi connectivity index (χ0v) is 14.3. The van der Waals surface area contributed by atoms with Crippen molar-refractivity contribution in [3.63, 3.8) is 0 Å². The van der Waals surface area contributed by atoms with Gasteiger partial charge < -0.3 is 14.5 Å². The molecular formula is C19H15N3O5. The van der Waals surface area contributed by atoms with Crippen LogP contribution in [0.4, 0.5) is 11.7 Å². The molecule has 0 saturated carbocycles. The first-order valence-electron chi connectivity index (χ1n) is 7.89. The van der Waals surface area contributed by atoms with Gasteiger partial charge in [-0.3, -0.25) is 14.9 Å². The summed E-state index contributed by atoms with van der Waals surface area (Å²) in [6.45, 7) is 0. The molecule has 0 spiro atoms. The fraction of sp³-hybridized carbons (Fsp3) is 0.0526. The van der Waals surface area contributed by atoms with Crippen LogP contribution in [0.2, 0.25) is 0 Å². The maximum Gasteiger partial charge on any atom is 0.339 e. The normalized spacial score (nSPS) is 10.1. The molecule has 0 atom stereocenters. The third-order valence-electron chi connectivity index (χ3n) is 3.57. The lowest BCUT2D eigenvalue weighted by Gasteiger charge is -2.08. The van der Waals surface area contributed by atoms with E-state index in [4.69, 9.17) is 4.42 Å². The standard InChI is InChI=1S/C19H15N3O5/c1-26-18(25)13-9-5-6-10-14(13)20-17(24)15-11-27-19(21-15)22-16(23)12-7-3-2-4-8-12/h2-11H,1H3,(H,20,24)(H,21,22,23). The number of rotatable bonds is 5. The first-order chi connectivity index (χ1) is 13.1. The number of para-hydroxylation sites is 1. The van der Waals surface area contributed by atoms with Crippen molar-refractivity contribution in [2.75, 3.05) is 17.7 Å². The second-order valence-electron chi connectivity index (χ2n) is 5.35. The van der Waals surface area contributed by atoms with Gasteiger partial charge in [-0.05, 0) is 24.3 Å². The Balaban J connectivity index is 1.71. The Hall–Kier alpha value is -3.94. The summed E-state index contributed by atoms with van der Waals surface area (Å²) >= 11 is 0. The van der Waals surface area contributed by atoms with Crippen LogP contribution < -0.4 is 10.6 Å². The van der Waals surface area contributed by atoms with Crippen LogP contribution in [-0.2, 0) is 4.74 Å². The number of amides is 2. The number of esters is 1. The van der Waals surface area contributed by atoms with Crippen LogP contribution in [0.25, 0.3) is 0 Å². The molecule has 2 amide bonds. The van der Waals surface area contributed by atoms with Crippen molar-refractivity contribution in [3.8, 4) is 0 Å². The average molecular weight is 365 g/mol. The molecule has 136 valence electrons. The topological polar surface area (TPSA) is 111 Å². The SMILES string of the molecule is COC(=O)c1ccccc1NC(=O)c1coc(NC(=O)c2ccccc2)n1. The van der Waals surface area contributed by atoms with E-state index in [2.05, 4.69) is 20.4 Å². The number of carbonyl (C=O) groups excluding carboxylic acids is 3. The molecule has 0 fully saturated rings. The highest BCUT2D eigenvalue weighted by Crippen LogP contribution is 2.18. The molecule has 0 aliphatic carbocycles. The van der Waals surface area contributed by atoms with Gasteiger partial charge >= 0.3 is 12.0 Å². The summed E-state index contributed by atoms with van der Waals surface area (Å²) in [7, 11) is 1.25. The largest absolute Gasteiger partial charge is 0.465 e. The van der Waals surface area contributed by atoms with Gasteiger partial charge in [-0.1, -0.05) is 30.3 Å². The molecule has 0 bridgehead atoms. The first-order valence-corrected chi connectivity index (χ1v) is 7.89. The van der Waals surface area contributed by atoms with E-state index in [0.717, 1.165) is 6.26 Å². The van der Waals surface area contributed by atoms with Gasteiger partial charge in [0.1, 0.15) is 6.26 Å². The Labute approximate surface area is 154 Å². The van der Waals surface area contributed by atoms with Gasteiger partial charge in [0.2, 0.25) is 0 Å². The molecule has 8 heteroatoms. The van der Waals surface area contributed by atoms with Crippen molar-refractivity contribution in [1.29, 1.82) is 0 Å². The van der Waals surface area contributed by atoms with Crippen molar-refractivity contribution >= 4 is 29.5 Å². The highest BCUT2D eigenvalue weighted by Gasteiger charge is 2.18. The number of hydrogen-bond donors (Lipinski definition) is 2. The summed E-state index contributed by atoms with van der Waals surface area (Å²) in [6, 6.07) is 14.8. The summed E-state index contributed by atoms with van der Waals surface area (Å²) in [5, 5.41) is 5.03. The quantitative estimate of drug-likeness (QED) is 0.673. The fourth-order valence-electron chi connectivity index (χ4n) is 2.26. The fourth-order valence-corrected chi connectivity index (χ4v) is 2.26. The van der Waals surface area contributed by atoms with E-state index in [0.29, 0.717) is 5.56 Å². The first kappa shape index (κ1) is 17.9. The summed E-state index contributed by atoms with van der Waals surface area (Å²) in [6.07, 6.45) is 1.11. The molecule has 8 nitrogen and oxygen atoms in total. The molecule has 1 aromatic heterocycles. The van der Waals surface area contributed by atoms with Gasteiger partial charge in [0.05, 0.1) is 18.4 Å². The van der Waals surface area contributed by atoms with Gasteiger partial charge in [0.25, 0.3) is 11.8 Å². The Morgan fingerprint density at radius 1 is 0.926 bits per heavy atom. The van der Waals surface area contributed by atoms with E-state index in [1.54, 1.807) is 48.5 Å². The molecule has 0 aliphatic rings. The Bertz CT molecular complexity index is 982. The lowest BCUT2D eigenvalue weighted by Crippen LogP contribution is -2.16. The van der Waals surface area contributed by atoms with Crippen LogP contribution >= 0.6 is 0 Å². The van der Waals surface area contributed by atoms with E-state index in [-0.39, 0.29) is 23.0 Å². The van der Waals surface area contributed by atoms with Crippen molar-refractivity contribution < 1.29 is 23.5 Å². The third-order valence-corrected chi connectivity index (χ3v) is 3.57. The van der Waals surface area contributed by atoms with Gasteiger partial charge in [-0.2, -0.15) is 4.98 Å². The monoisotopic (exact) mass is 365 g/mol. The van der Waals surface area contributed by atoms with Gasteiger partial charge in [-0.15, -0.1) is 0 Å². The highest BCUT2D eigenvalue weighted by molar-refractivity contribution is 6.07. The van der Waals surface area contributed by atoms with Crippen LogP contribution in [0.1, 0.15) is 31.2 Å². The lowest BCUT2D eigenvalue weighted by molar-refractivity contribution is 0.0601. The van der Waals surface area contributed by atoms with Crippen molar-refractivity contribution in [2.24, 2.45) is 0 Å². The second kappa shape index (κ2) is 7.96. The van der Waals surface area contributed by atoms with Gasteiger partial charge in [0.15, 0.2) is 5.69 Å². The van der Waals surface area contributed by atoms with E-state index in [1.165, 1.54) is 13.2 Å². The molecule has 0 radical (unpaired) electrons. The number of benzene rings is 2. The number of ether oxygens (including phenoxy) is 1. The minimum atomic E-state index is -0.602. The van der Waals surface area contributed by atoms with Crippen molar-refractivity contribution in [2.45, 2.75) is 0 Å². The number of oxazole rings is 1. The summed E-state index contributed by atoms with van der Waals surface area (Å²) < 4.78 is 9.80. The Morgan fingerprint density at radius 2 is 1.63 bits per heavy atom. The predicted octanol–water partition coefficient (Wildman–Crippen LogP) is 2.97. The minimum Gasteiger partial charge on any atom is -0.465 e. The molecule has 1 heterocycles. The predicted molar refractivity (Wildman–Crippen MR) is 96.6 cm³/mol. The number of carbonyl (C=O) groups is 3. The molecule has 0 saturated heterocycles. The van der Waals surface area contributed by atoms with E-state index < -0.39 is 17.8 Å². The maximum absolute atomic E-state index is 12.3. The average Bonchev–Trinajstić information content (AvgIpc) is 3.17. The van der Waals surface area contributed by atoms with Crippen LogP contribution in [-0.4, -0.2) is 29.9 Å². The molecule has 27 heavy (non-hydrogen) atoms. The second-order valence-corrected chi connectivity index (χ2v) is 5.35. The summed E-state index contributed by atoms with van der Waals surface area (Å²) in [5.41, 5.74) is 0.841. The van der Waals surface area contributed by atoms with Crippen molar-refractivity contribution in [3.05, 3.63) is 77.7 Å². The van der Waals surface area contributed by atoms with Gasteiger partial charge in [-0.25, -0.2) is 4.79 Å². The summed E-state index contributed by atoms with van der Waals surface area (Å²) in [5.74, 6) is -1.60. The molecule has 2 aromatic carbocycles. The number of hydrogen-bond acceptors (Lipinski definition) is 6. The molecule has 2 N–H and O–H groups in total. The number of nitrogens with zero attached hydrogens (tertiary/aromatic N) is 1. The van der Waals surface area contributed by atoms with Crippen LogP contribution in [0.15, 0.2) is 65.3 Å². The highest BCUT2D eigenvalue weighted by atomic mass is 16.5. The Kier molecular flexibility index (Phi) is 5.27. The number of nitrogens with one attached hydrogen (secondary N) is 2. The van der Waals surface area contributed by atoms with Crippen LogP contribution in [0.5, 0.6) is 0 Å². The number of aromatic nitrogens is 1. The molecule has 0 aliphatic heterocycles. The van der Waals surface area contributed by atoms with E-state index in [1.807, 2.05) is 0 Å².